The zero-order chi connectivity index (χ0) is 19.4. The highest BCUT2D eigenvalue weighted by atomic mass is 16.7. The van der Waals surface area contributed by atoms with E-state index in [9.17, 15) is 4.79 Å². The van der Waals surface area contributed by atoms with Crippen molar-refractivity contribution in [3.8, 4) is 34.1 Å². The molecule has 0 bridgehead atoms. The Morgan fingerprint density at radius 2 is 1.57 bits per heavy atom. The van der Waals surface area contributed by atoms with E-state index in [1.54, 1.807) is 14.2 Å². The van der Waals surface area contributed by atoms with Gasteiger partial charge in [-0.15, -0.1) is 0 Å². The molecule has 2 aliphatic heterocycles. The minimum absolute atomic E-state index is 0.193. The molecule has 0 amide bonds. The van der Waals surface area contributed by atoms with Gasteiger partial charge in [-0.05, 0) is 59.2 Å². The summed E-state index contributed by atoms with van der Waals surface area (Å²) in [5.74, 6) is 2.28. The lowest BCUT2D eigenvalue weighted by Gasteiger charge is -2.16. The minimum atomic E-state index is -0.321. The fourth-order valence-corrected chi connectivity index (χ4v) is 3.94. The van der Waals surface area contributed by atoms with Gasteiger partial charge in [-0.1, -0.05) is 0 Å². The number of carbonyl (C=O) groups is 1. The molecule has 0 fully saturated rings. The van der Waals surface area contributed by atoms with E-state index in [2.05, 4.69) is 0 Å². The summed E-state index contributed by atoms with van der Waals surface area (Å²) >= 11 is 0. The molecular formula is C22H18O6. The van der Waals surface area contributed by atoms with Crippen LogP contribution in [0.15, 0.2) is 30.3 Å². The number of aryl methyl sites for hydroxylation is 1. The molecule has 0 atom stereocenters. The SMILES string of the molecule is COc1cc2cc3c(c(-c4cc5c(cc4C)OCO5)c2cc1OC)C(=O)OC3. The predicted molar refractivity (Wildman–Crippen MR) is 102 cm³/mol. The van der Waals surface area contributed by atoms with E-state index >= 15 is 0 Å². The smallest absolute Gasteiger partial charge is 0.339 e. The molecule has 5 rings (SSSR count). The van der Waals surface area contributed by atoms with Crippen LogP contribution in [0.25, 0.3) is 21.9 Å². The Kier molecular flexibility index (Phi) is 3.62. The number of hydrogen-bond acceptors (Lipinski definition) is 6. The maximum absolute atomic E-state index is 12.6. The van der Waals surface area contributed by atoms with E-state index in [0.717, 1.165) is 33.0 Å². The summed E-state index contributed by atoms with van der Waals surface area (Å²) < 4.78 is 27.4. The van der Waals surface area contributed by atoms with Crippen molar-refractivity contribution < 1.29 is 28.5 Å². The van der Waals surface area contributed by atoms with E-state index in [4.69, 9.17) is 23.7 Å². The highest BCUT2D eigenvalue weighted by Crippen LogP contribution is 2.46. The summed E-state index contributed by atoms with van der Waals surface area (Å²) in [6.45, 7) is 2.44. The Morgan fingerprint density at radius 1 is 0.857 bits per heavy atom. The van der Waals surface area contributed by atoms with Gasteiger partial charge in [-0.25, -0.2) is 4.79 Å². The van der Waals surface area contributed by atoms with E-state index in [-0.39, 0.29) is 19.4 Å². The van der Waals surface area contributed by atoms with Gasteiger partial charge in [-0.3, -0.25) is 0 Å². The zero-order valence-corrected chi connectivity index (χ0v) is 15.8. The normalized spacial score (nSPS) is 14.2. The summed E-state index contributed by atoms with van der Waals surface area (Å²) in [7, 11) is 3.20. The molecule has 2 heterocycles. The molecule has 0 radical (unpaired) electrons. The molecule has 3 aromatic carbocycles. The molecule has 3 aromatic rings. The molecule has 28 heavy (non-hydrogen) atoms. The molecule has 0 unspecified atom stereocenters. The molecular weight excluding hydrogens is 360 g/mol. The van der Waals surface area contributed by atoms with Crippen LogP contribution in [0.1, 0.15) is 21.5 Å². The van der Waals surface area contributed by atoms with Gasteiger partial charge in [0, 0.05) is 11.1 Å². The second kappa shape index (κ2) is 6.05. The molecule has 0 aromatic heterocycles. The third-order valence-corrected chi connectivity index (χ3v) is 5.28. The second-order valence-electron chi connectivity index (χ2n) is 6.81. The zero-order valence-electron chi connectivity index (χ0n) is 15.8. The van der Waals surface area contributed by atoms with Crippen molar-refractivity contribution in [2.24, 2.45) is 0 Å². The maximum Gasteiger partial charge on any atom is 0.339 e. The summed E-state index contributed by atoms with van der Waals surface area (Å²) in [6.07, 6.45) is 0. The average Bonchev–Trinajstić information content (AvgIpc) is 3.30. The third-order valence-electron chi connectivity index (χ3n) is 5.28. The molecule has 0 saturated carbocycles. The lowest BCUT2D eigenvalue weighted by molar-refractivity contribution is 0.0535. The Bertz CT molecular complexity index is 1150. The van der Waals surface area contributed by atoms with Crippen molar-refractivity contribution in [1.29, 1.82) is 0 Å². The number of ether oxygens (including phenoxy) is 5. The molecule has 0 spiro atoms. The van der Waals surface area contributed by atoms with Crippen molar-refractivity contribution in [1.82, 2.24) is 0 Å². The van der Waals surface area contributed by atoms with Crippen molar-refractivity contribution in [2.45, 2.75) is 13.5 Å². The van der Waals surface area contributed by atoms with Crippen molar-refractivity contribution in [3.63, 3.8) is 0 Å². The molecule has 2 aliphatic rings. The highest BCUT2D eigenvalue weighted by molar-refractivity contribution is 6.11. The Morgan fingerprint density at radius 3 is 2.32 bits per heavy atom. The van der Waals surface area contributed by atoms with Crippen LogP contribution in [-0.2, 0) is 11.3 Å². The minimum Gasteiger partial charge on any atom is -0.493 e. The van der Waals surface area contributed by atoms with Crippen molar-refractivity contribution >= 4 is 16.7 Å². The van der Waals surface area contributed by atoms with Crippen LogP contribution in [0.4, 0.5) is 0 Å². The number of methoxy groups -OCH3 is 2. The van der Waals surface area contributed by atoms with Gasteiger partial charge >= 0.3 is 5.97 Å². The monoisotopic (exact) mass is 378 g/mol. The van der Waals surface area contributed by atoms with Crippen LogP contribution < -0.4 is 18.9 Å². The first kappa shape index (κ1) is 16.7. The van der Waals surface area contributed by atoms with Crippen LogP contribution in [0.2, 0.25) is 0 Å². The van der Waals surface area contributed by atoms with Crippen LogP contribution >= 0.6 is 0 Å². The summed E-state index contributed by atoms with van der Waals surface area (Å²) in [6, 6.07) is 9.66. The third kappa shape index (κ3) is 2.30. The van der Waals surface area contributed by atoms with E-state index < -0.39 is 0 Å². The number of benzene rings is 3. The fraction of sp³-hybridized carbons (Fsp3) is 0.227. The second-order valence-corrected chi connectivity index (χ2v) is 6.81. The van der Waals surface area contributed by atoms with Crippen molar-refractivity contribution in [3.05, 3.63) is 47.0 Å². The number of cyclic esters (lactones) is 1. The first-order valence-electron chi connectivity index (χ1n) is 8.90. The van der Waals surface area contributed by atoms with E-state index in [1.807, 2.05) is 37.3 Å². The largest absolute Gasteiger partial charge is 0.493 e. The summed E-state index contributed by atoms with van der Waals surface area (Å²) in [5.41, 5.74) is 4.14. The number of esters is 1. The first-order chi connectivity index (χ1) is 13.6. The quantitative estimate of drug-likeness (QED) is 0.636. The van der Waals surface area contributed by atoms with Crippen LogP contribution in [0.5, 0.6) is 23.0 Å². The van der Waals surface area contributed by atoms with Gasteiger partial charge < -0.3 is 23.7 Å². The van der Waals surface area contributed by atoms with Gasteiger partial charge in [-0.2, -0.15) is 0 Å². The molecule has 0 aliphatic carbocycles. The Labute approximate surface area is 161 Å². The van der Waals surface area contributed by atoms with Crippen LogP contribution in [0, 0.1) is 6.92 Å². The van der Waals surface area contributed by atoms with Gasteiger partial charge in [0.25, 0.3) is 0 Å². The predicted octanol–water partition coefficient (Wildman–Crippen LogP) is 4.23. The lowest BCUT2D eigenvalue weighted by Crippen LogP contribution is -2.01. The molecule has 6 heteroatoms. The molecule has 6 nitrogen and oxygen atoms in total. The maximum atomic E-state index is 12.6. The standard InChI is InChI=1S/C22H18O6/c1-11-4-18-19(28-10-27-18)7-14(11)21-15-8-17(25-3)16(24-2)6-12(15)5-13-9-26-22(23)20(13)21/h4-8H,9-10H2,1-3H3. The Hall–Kier alpha value is -3.41. The van der Waals surface area contributed by atoms with Gasteiger partial charge in [0.05, 0.1) is 19.8 Å². The first-order valence-corrected chi connectivity index (χ1v) is 8.90. The van der Waals surface area contributed by atoms with E-state index in [1.165, 1.54) is 0 Å². The van der Waals surface area contributed by atoms with Crippen LogP contribution in [-0.4, -0.2) is 27.0 Å². The molecule has 142 valence electrons. The summed E-state index contributed by atoms with van der Waals surface area (Å²) in [5, 5.41) is 1.83. The van der Waals surface area contributed by atoms with Gasteiger partial charge in [0.1, 0.15) is 6.61 Å². The number of fused-ring (bicyclic) bond motifs is 3. The molecule has 0 N–H and O–H groups in total. The molecule has 0 saturated heterocycles. The topological polar surface area (TPSA) is 63.2 Å². The summed E-state index contributed by atoms with van der Waals surface area (Å²) in [4.78, 5) is 12.6. The number of carbonyl (C=O) groups excluding carboxylic acids is 1. The van der Waals surface area contributed by atoms with Crippen molar-refractivity contribution in [2.75, 3.05) is 21.0 Å². The highest BCUT2D eigenvalue weighted by Gasteiger charge is 2.30. The number of rotatable bonds is 3. The number of hydrogen-bond donors (Lipinski definition) is 0. The Balaban J connectivity index is 1.89. The van der Waals surface area contributed by atoms with E-state index in [0.29, 0.717) is 28.6 Å². The van der Waals surface area contributed by atoms with Gasteiger partial charge in [0.15, 0.2) is 23.0 Å². The van der Waals surface area contributed by atoms with Gasteiger partial charge in [0.2, 0.25) is 6.79 Å². The lowest BCUT2D eigenvalue weighted by atomic mass is 9.88. The van der Waals surface area contributed by atoms with Crippen LogP contribution in [0.3, 0.4) is 0 Å². The fourth-order valence-electron chi connectivity index (χ4n) is 3.94. The average molecular weight is 378 g/mol.